The molecule has 2 aromatic carbocycles. The number of hydrogen-bond acceptors (Lipinski definition) is 6. The van der Waals surface area contributed by atoms with Gasteiger partial charge in [0.05, 0.1) is 16.8 Å². The van der Waals surface area contributed by atoms with E-state index in [2.05, 4.69) is 27.8 Å². The minimum absolute atomic E-state index is 0.220. The Morgan fingerprint density at radius 1 is 1.24 bits per heavy atom. The summed E-state index contributed by atoms with van der Waals surface area (Å²) in [6.07, 6.45) is 1.23. The predicted molar refractivity (Wildman–Crippen MR) is 133 cm³/mol. The van der Waals surface area contributed by atoms with Crippen molar-refractivity contribution in [2.45, 2.75) is 44.9 Å². The van der Waals surface area contributed by atoms with Crippen LogP contribution in [0, 0.1) is 0 Å². The molecular formula is C24H24BrN4O4S+. The second-order valence-corrected chi connectivity index (χ2v) is 9.75. The summed E-state index contributed by atoms with van der Waals surface area (Å²) in [5.74, 6) is 0.463. The molecule has 0 unspecified atom stereocenters. The van der Waals surface area contributed by atoms with Gasteiger partial charge in [-0.1, -0.05) is 53.2 Å². The Labute approximate surface area is 209 Å². The lowest BCUT2D eigenvalue weighted by Crippen LogP contribution is -2.60. The number of aromatic nitrogens is 3. The van der Waals surface area contributed by atoms with Crippen molar-refractivity contribution < 1.29 is 19.0 Å². The third kappa shape index (κ3) is 4.65. The van der Waals surface area contributed by atoms with E-state index in [-0.39, 0.29) is 11.5 Å². The van der Waals surface area contributed by atoms with Crippen LogP contribution in [0.4, 0.5) is 5.69 Å². The third-order valence-electron chi connectivity index (χ3n) is 5.34. The zero-order valence-corrected chi connectivity index (χ0v) is 21.4. The number of unbranched alkanes of at least 4 members (excludes halogenated alkanes) is 1. The molecule has 0 spiro atoms. The van der Waals surface area contributed by atoms with Gasteiger partial charge in [-0.15, -0.1) is 0 Å². The van der Waals surface area contributed by atoms with E-state index in [9.17, 15) is 14.4 Å². The maximum Gasteiger partial charge on any atom is 0.325 e. The highest BCUT2D eigenvalue weighted by Gasteiger charge is 2.45. The van der Waals surface area contributed by atoms with Crippen LogP contribution in [0.2, 0.25) is 0 Å². The Kier molecular flexibility index (Phi) is 7.18. The van der Waals surface area contributed by atoms with Crippen LogP contribution in [-0.4, -0.2) is 27.7 Å². The first kappa shape index (κ1) is 24.2. The SMILES string of the molecule is CCCCSc1n[n+]2c(c(=O)[nH]1)-c1ccccc1N(C(C)=O)[C@H]2c1cc(OC(C)=O)ccc1Br. The molecule has 3 aromatic rings. The first-order valence-electron chi connectivity index (χ1n) is 10.9. The highest BCUT2D eigenvalue weighted by atomic mass is 79.9. The fourth-order valence-electron chi connectivity index (χ4n) is 3.92. The van der Waals surface area contributed by atoms with Crippen LogP contribution in [-0.2, 0) is 9.59 Å². The van der Waals surface area contributed by atoms with Crippen LogP contribution >= 0.6 is 27.7 Å². The first-order valence-corrected chi connectivity index (χ1v) is 12.7. The average Bonchev–Trinajstić information content (AvgIpc) is 2.79. The summed E-state index contributed by atoms with van der Waals surface area (Å²) in [4.78, 5) is 42.4. The molecule has 0 radical (unpaired) electrons. The molecule has 176 valence electrons. The van der Waals surface area contributed by atoms with Gasteiger partial charge in [0.1, 0.15) is 5.75 Å². The van der Waals surface area contributed by atoms with Crippen molar-refractivity contribution >= 4 is 45.3 Å². The van der Waals surface area contributed by atoms with Crippen molar-refractivity contribution in [1.29, 1.82) is 0 Å². The van der Waals surface area contributed by atoms with Crippen molar-refractivity contribution in [3.63, 3.8) is 0 Å². The minimum atomic E-state index is -0.778. The second kappa shape index (κ2) is 10.1. The normalized spacial score (nSPS) is 14.4. The number of aromatic amines is 1. The number of amides is 1. The molecule has 1 amide bonds. The summed E-state index contributed by atoms with van der Waals surface area (Å²) in [5, 5.41) is 5.24. The van der Waals surface area contributed by atoms with Crippen LogP contribution in [0.5, 0.6) is 5.75 Å². The molecule has 10 heteroatoms. The molecule has 1 N–H and O–H groups in total. The molecule has 8 nitrogen and oxygen atoms in total. The Bertz CT molecular complexity index is 1330. The number of anilines is 1. The van der Waals surface area contributed by atoms with E-state index >= 15 is 0 Å². The number of nitrogens with zero attached hydrogens (tertiary/aromatic N) is 3. The highest BCUT2D eigenvalue weighted by molar-refractivity contribution is 9.10. The Hall–Kier alpha value is -2.98. The molecule has 0 saturated carbocycles. The van der Waals surface area contributed by atoms with Crippen molar-refractivity contribution in [2.24, 2.45) is 0 Å². The standard InChI is InChI=1S/C24H23BrN4O4S/c1-4-5-12-34-24-26-22(32)21-17-8-6-7-9-20(17)28(14(2)30)23(29(21)27-24)18-13-16(33-15(3)31)10-11-19(18)25/h6-11,13,23H,4-5,12H2,1-3H3/p+1/t23-/m1/s1. The summed E-state index contributed by atoms with van der Waals surface area (Å²) in [7, 11) is 0. The summed E-state index contributed by atoms with van der Waals surface area (Å²) < 4.78 is 7.57. The van der Waals surface area contributed by atoms with E-state index in [0.29, 0.717) is 37.9 Å². The zero-order chi connectivity index (χ0) is 24.4. The van der Waals surface area contributed by atoms with Crippen molar-refractivity contribution in [3.8, 4) is 17.0 Å². The lowest BCUT2D eigenvalue weighted by molar-refractivity contribution is -0.763. The predicted octanol–water partition coefficient (Wildman–Crippen LogP) is 4.22. The maximum atomic E-state index is 13.3. The van der Waals surface area contributed by atoms with Gasteiger partial charge in [0, 0.05) is 29.2 Å². The number of fused-ring (bicyclic) bond motifs is 3. The van der Waals surface area contributed by atoms with E-state index in [0.717, 1.165) is 18.6 Å². The van der Waals surface area contributed by atoms with E-state index in [1.165, 1.54) is 25.6 Å². The average molecular weight is 544 g/mol. The van der Waals surface area contributed by atoms with Gasteiger partial charge in [0.15, 0.2) is 0 Å². The number of carbonyl (C=O) groups excluding carboxylic acids is 2. The quantitative estimate of drug-likeness (QED) is 0.164. The molecule has 0 fully saturated rings. The number of thioether (sulfide) groups is 1. The van der Waals surface area contributed by atoms with Gasteiger partial charge in [-0.05, 0) is 41.4 Å². The first-order chi connectivity index (χ1) is 16.3. The molecule has 0 saturated heterocycles. The Balaban J connectivity index is 1.99. The Morgan fingerprint density at radius 2 is 2.00 bits per heavy atom. The molecular weight excluding hydrogens is 520 g/mol. The van der Waals surface area contributed by atoms with Crippen LogP contribution in [0.25, 0.3) is 11.3 Å². The van der Waals surface area contributed by atoms with Crippen LogP contribution in [0.1, 0.15) is 45.3 Å². The number of esters is 1. The summed E-state index contributed by atoms with van der Waals surface area (Å²) >= 11 is 5.04. The smallest absolute Gasteiger partial charge is 0.325 e. The largest absolute Gasteiger partial charge is 0.427 e. The van der Waals surface area contributed by atoms with Crippen molar-refractivity contribution in [3.05, 3.63) is 62.9 Å². The van der Waals surface area contributed by atoms with E-state index in [1.807, 2.05) is 12.1 Å². The number of rotatable bonds is 6. The fraction of sp³-hybridized carbons (Fsp3) is 0.292. The number of para-hydroxylation sites is 1. The van der Waals surface area contributed by atoms with Gasteiger partial charge in [-0.2, -0.15) is 0 Å². The molecule has 0 bridgehead atoms. The van der Waals surface area contributed by atoms with E-state index in [4.69, 9.17) is 9.84 Å². The molecule has 2 heterocycles. The number of carbonyl (C=O) groups is 2. The zero-order valence-electron chi connectivity index (χ0n) is 19.0. The van der Waals surface area contributed by atoms with Crippen molar-refractivity contribution in [1.82, 2.24) is 10.1 Å². The maximum absolute atomic E-state index is 13.3. The molecule has 4 rings (SSSR count). The number of H-pyrrole nitrogens is 1. The second-order valence-electron chi connectivity index (χ2n) is 7.81. The number of ether oxygens (including phenoxy) is 1. The monoisotopic (exact) mass is 543 g/mol. The van der Waals surface area contributed by atoms with Gasteiger partial charge in [0.2, 0.25) is 11.1 Å². The topological polar surface area (TPSA) is 96.2 Å². The van der Waals surface area contributed by atoms with Crippen LogP contribution in [0.3, 0.4) is 0 Å². The molecule has 1 aromatic heterocycles. The summed E-state index contributed by atoms with van der Waals surface area (Å²) in [6, 6.07) is 12.3. The minimum Gasteiger partial charge on any atom is -0.427 e. The van der Waals surface area contributed by atoms with Crippen LogP contribution in [0.15, 0.2) is 56.9 Å². The van der Waals surface area contributed by atoms with Crippen molar-refractivity contribution in [2.75, 3.05) is 10.7 Å². The van der Waals surface area contributed by atoms with E-state index in [1.54, 1.807) is 39.9 Å². The number of halogens is 1. The highest BCUT2D eigenvalue weighted by Crippen LogP contribution is 2.40. The summed E-state index contributed by atoms with van der Waals surface area (Å²) in [6.45, 7) is 4.90. The molecule has 0 aliphatic carbocycles. The number of hydrogen-bond donors (Lipinski definition) is 1. The third-order valence-corrected chi connectivity index (χ3v) is 7.01. The number of benzene rings is 2. The van der Waals surface area contributed by atoms with Gasteiger partial charge >= 0.3 is 17.2 Å². The molecule has 1 aliphatic rings. The molecule has 34 heavy (non-hydrogen) atoms. The van der Waals surface area contributed by atoms with Crippen LogP contribution < -0.4 is 19.9 Å². The van der Waals surface area contributed by atoms with Gasteiger partial charge < -0.3 is 4.74 Å². The van der Waals surface area contributed by atoms with Gasteiger partial charge in [-0.3, -0.25) is 19.4 Å². The molecule has 1 atom stereocenters. The lowest BCUT2D eigenvalue weighted by Gasteiger charge is -2.31. The van der Waals surface area contributed by atoms with Gasteiger partial charge in [0.25, 0.3) is 6.17 Å². The molecule has 1 aliphatic heterocycles. The Morgan fingerprint density at radius 3 is 2.71 bits per heavy atom. The fourth-order valence-corrected chi connectivity index (χ4v) is 5.31. The van der Waals surface area contributed by atoms with E-state index < -0.39 is 12.1 Å². The lowest BCUT2D eigenvalue weighted by atomic mass is 10.0. The number of nitrogens with one attached hydrogen (secondary N) is 1. The van der Waals surface area contributed by atoms with Gasteiger partial charge in [-0.25, -0.2) is 4.90 Å². The summed E-state index contributed by atoms with van der Waals surface area (Å²) in [5.41, 5.74) is 1.89.